The molecule has 1 fully saturated rings. The SMILES string of the molecule is O=c1n(Cc2ccc(C3CCCCC3)cc2)ccn1-c1ccc(Cl)cc1. The molecular formula is C22H23ClN2O. The lowest BCUT2D eigenvalue weighted by Gasteiger charge is -2.22. The lowest BCUT2D eigenvalue weighted by molar-refractivity contribution is 0.443. The molecule has 1 heterocycles. The van der Waals surface area contributed by atoms with Crippen molar-refractivity contribution in [1.29, 1.82) is 0 Å². The predicted octanol–water partition coefficient (Wildman–Crippen LogP) is 5.39. The summed E-state index contributed by atoms with van der Waals surface area (Å²) in [5.74, 6) is 0.714. The first-order valence-electron chi connectivity index (χ1n) is 9.33. The second kappa shape index (κ2) is 7.55. The van der Waals surface area contributed by atoms with Crippen LogP contribution in [-0.4, -0.2) is 9.13 Å². The van der Waals surface area contributed by atoms with Crippen molar-refractivity contribution >= 4 is 11.6 Å². The van der Waals surface area contributed by atoms with Crippen LogP contribution < -0.4 is 5.69 Å². The second-order valence-corrected chi connectivity index (χ2v) is 7.57. The van der Waals surface area contributed by atoms with E-state index in [1.54, 1.807) is 21.3 Å². The van der Waals surface area contributed by atoms with E-state index in [-0.39, 0.29) is 5.69 Å². The zero-order valence-corrected chi connectivity index (χ0v) is 15.5. The molecule has 3 aromatic rings. The first-order chi connectivity index (χ1) is 12.7. The molecule has 134 valence electrons. The molecule has 2 aromatic carbocycles. The van der Waals surface area contributed by atoms with Crippen molar-refractivity contribution in [1.82, 2.24) is 9.13 Å². The van der Waals surface area contributed by atoms with Gasteiger partial charge in [-0.25, -0.2) is 4.79 Å². The maximum atomic E-state index is 12.7. The van der Waals surface area contributed by atoms with Gasteiger partial charge in [-0.3, -0.25) is 9.13 Å². The van der Waals surface area contributed by atoms with Crippen LogP contribution >= 0.6 is 11.6 Å². The third-order valence-electron chi connectivity index (χ3n) is 5.36. The summed E-state index contributed by atoms with van der Waals surface area (Å²) in [6.07, 6.45) is 10.3. The molecule has 1 aromatic heterocycles. The number of rotatable bonds is 4. The molecule has 0 radical (unpaired) electrons. The highest BCUT2D eigenvalue weighted by Crippen LogP contribution is 2.32. The molecule has 0 saturated heterocycles. The Morgan fingerprint density at radius 3 is 2.27 bits per heavy atom. The highest BCUT2D eigenvalue weighted by Gasteiger charge is 2.15. The van der Waals surface area contributed by atoms with Crippen LogP contribution in [0.5, 0.6) is 0 Å². The van der Waals surface area contributed by atoms with Gasteiger partial charge in [0.1, 0.15) is 0 Å². The van der Waals surface area contributed by atoms with Gasteiger partial charge in [0.15, 0.2) is 0 Å². The van der Waals surface area contributed by atoms with Gasteiger partial charge in [0, 0.05) is 17.4 Å². The maximum Gasteiger partial charge on any atom is 0.333 e. The number of hydrogen-bond acceptors (Lipinski definition) is 1. The Morgan fingerprint density at radius 1 is 0.885 bits per heavy atom. The van der Waals surface area contributed by atoms with Crippen molar-refractivity contribution in [3.8, 4) is 5.69 Å². The van der Waals surface area contributed by atoms with E-state index in [1.807, 2.05) is 24.5 Å². The molecule has 0 unspecified atom stereocenters. The summed E-state index contributed by atoms with van der Waals surface area (Å²) in [5, 5.41) is 0.666. The average molecular weight is 367 g/mol. The highest BCUT2D eigenvalue weighted by atomic mass is 35.5. The third kappa shape index (κ3) is 3.63. The van der Waals surface area contributed by atoms with E-state index in [4.69, 9.17) is 11.6 Å². The number of nitrogens with zero attached hydrogens (tertiary/aromatic N) is 2. The van der Waals surface area contributed by atoms with Gasteiger partial charge in [-0.1, -0.05) is 55.1 Å². The van der Waals surface area contributed by atoms with E-state index in [0.717, 1.165) is 11.3 Å². The van der Waals surface area contributed by atoms with Crippen molar-refractivity contribution in [2.75, 3.05) is 0 Å². The summed E-state index contributed by atoms with van der Waals surface area (Å²) in [7, 11) is 0. The van der Waals surface area contributed by atoms with Crippen LogP contribution in [0.2, 0.25) is 5.02 Å². The lowest BCUT2D eigenvalue weighted by atomic mass is 9.84. The third-order valence-corrected chi connectivity index (χ3v) is 5.61. The topological polar surface area (TPSA) is 26.9 Å². The Morgan fingerprint density at radius 2 is 1.58 bits per heavy atom. The largest absolute Gasteiger partial charge is 0.333 e. The number of imidazole rings is 1. The molecule has 0 bridgehead atoms. The first-order valence-corrected chi connectivity index (χ1v) is 9.71. The molecular weight excluding hydrogens is 344 g/mol. The Labute approximate surface area is 158 Å². The molecule has 0 N–H and O–H groups in total. The van der Waals surface area contributed by atoms with Crippen molar-refractivity contribution in [3.05, 3.63) is 87.6 Å². The van der Waals surface area contributed by atoms with Gasteiger partial charge >= 0.3 is 5.69 Å². The molecule has 0 amide bonds. The number of aromatic nitrogens is 2. The fourth-order valence-electron chi connectivity index (χ4n) is 3.86. The molecule has 3 nitrogen and oxygen atoms in total. The first kappa shape index (κ1) is 17.2. The van der Waals surface area contributed by atoms with Crippen molar-refractivity contribution in [3.63, 3.8) is 0 Å². The number of benzene rings is 2. The van der Waals surface area contributed by atoms with Gasteiger partial charge in [-0.15, -0.1) is 0 Å². The standard InChI is InChI=1S/C22H23ClN2O/c23-20-10-12-21(13-11-20)25-15-14-24(22(25)26)16-17-6-8-19(9-7-17)18-4-2-1-3-5-18/h6-15,18H,1-5,16H2. The lowest BCUT2D eigenvalue weighted by Crippen LogP contribution is -2.23. The zero-order chi connectivity index (χ0) is 17.9. The summed E-state index contributed by atoms with van der Waals surface area (Å²) < 4.78 is 3.39. The maximum absolute atomic E-state index is 12.7. The quantitative estimate of drug-likeness (QED) is 0.608. The van der Waals surface area contributed by atoms with Gasteiger partial charge in [-0.05, 0) is 54.2 Å². The minimum atomic E-state index is -0.0383. The van der Waals surface area contributed by atoms with Gasteiger partial charge < -0.3 is 0 Å². The molecule has 1 aliphatic rings. The average Bonchev–Trinajstić information content (AvgIpc) is 3.04. The summed E-state index contributed by atoms with van der Waals surface area (Å²) in [4.78, 5) is 12.7. The van der Waals surface area contributed by atoms with Crippen LogP contribution in [0.3, 0.4) is 0 Å². The fourth-order valence-corrected chi connectivity index (χ4v) is 3.99. The summed E-state index contributed by atoms with van der Waals surface area (Å²) in [5.41, 5.74) is 3.38. The number of halogens is 1. The van der Waals surface area contributed by atoms with Crippen molar-refractivity contribution in [2.45, 2.75) is 44.6 Å². The minimum absolute atomic E-state index is 0.0383. The van der Waals surface area contributed by atoms with Crippen LogP contribution in [0, 0.1) is 0 Å². The molecule has 0 spiro atoms. The van der Waals surface area contributed by atoms with Crippen LogP contribution in [0.1, 0.15) is 49.1 Å². The van der Waals surface area contributed by atoms with Gasteiger partial charge in [0.2, 0.25) is 0 Å². The summed E-state index contributed by atoms with van der Waals surface area (Å²) in [6.45, 7) is 0.588. The van der Waals surface area contributed by atoms with E-state index >= 15 is 0 Å². The Kier molecular flexibility index (Phi) is 4.98. The van der Waals surface area contributed by atoms with Crippen molar-refractivity contribution < 1.29 is 0 Å². The Bertz CT molecular complexity index is 916. The molecule has 0 aliphatic heterocycles. The normalized spacial score (nSPS) is 15.3. The van der Waals surface area contributed by atoms with Crippen LogP contribution in [0.15, 0.2) is 65.7 Å². The van der Waals surface area contributed by atoms with Crippen LogP contribution in [0.4, 0.5) is 0 Å². The fraction of sp³-hybridized carbons (Fsp3) is 0.318. The minimum Gasteiger partial charge on any atom is -0.294 e. The highest BCUT2D eigenvalue weighted by molar-refractivity contribution is 6.30. The summed E-state index contributed by atoms with van der Waals surface area (Å²) >= 11 is 5.93. The molecule has 26 heavy (non-hydrogen) atoms. The predicted molar refractivity (Wildman–Crippen MR) is 106 cm³/mol. The van der Waals surface area contributed by atoms with Gasteiger partial charge in [0.25, 0.3) is 0 Å². The van der Waals surface area contributed by atoms with E-state index < -0.39 is 0 Å². The van der Waals surface area contributed by atoms with Crippen LogP contribution in [0.25, 0.3) is 5.69 Å². The zero-order valence-electron chi connectivity index (χ0n) is 14.8. The van der Waals surface area contributed by atoms with Crippen molar-refractivity contribution in [2.24, 2.45) is 0 Å². The molecule has 4 heteroatoms. The molecule has 0 atom stereocenters. The second-order valence-electron chi connectivity index (χ2n) is 7.13. The number of hydrogen-bond donors (Lipinski definition) is 0. The summed E-state index contributed by atoms with van der Waals surface area (Å²) in [6, 6.07) is 16.1. The van der Waals surface area contributed by atoms with E-state index in [2.05, 4.69) is 24.3 Å². The Balaban J connectivity index is 1.51. The molecule has 1 aliphatic carbocycles. The smallest absolute Gasteiger partial charge is 0.294 e. The van der Waals surface area contributed by atoms with E-state index in [1.165, 1.54) is 37.7 Å². The van der Waals surface area contributed by atoms with Gasteiger partial charge in [-0.2, -0.15) is 0 Å². The Hall–Kier alpha value is -2.26. The van der Waals surface area contributed by atoms with E-state index in [0.29, 0.717) is 17.5 Å². The monoisotopic (exact) mass is 366 g/mol. The van der Waals surface area contributed by atoms with E-state index in [9.17, 15) is 4.79 Å². The van der Waals surface area contributed by atoms with Gasteiger partial charge in [0.05, 0.1) is 12.2 Å². The molecule has 4 rings (SSSR count). The van der Waals surface area contributed by atoms with Crippen LogP contribution in [-0.2, 0) is 6.54 Å². The molecule has 1 saturated carbocycles.